The van der Waals surface area contributed by atoms with Crippen molar-refractivity contribution in [2.24, 2.45) is 0 Å². The number of benzene rings is 3. The normalized spacial score (nSPS) is 13.1. The lowest BCUT2D eigenvalue weighted by atomic mass is 10.1. The number of nitriles is 1. The highest BCUT2D eigenvalue weighted by Gasteiger charge is 2.13. The van der Waals surface area contributed by atoms with Gasteiger partial charge in [0.1, 0.15) is 29.1 Å². The predicted octanol–water partition coefficient (Wildman–Crippen LogP) is 6.55. The second-order valence-corrected chi connectivity index (χ2v) is 9.25. The summed E-state index contributed by atoms with van der Waals surface area (Å²) in [6.07, 6.45) is 5.07. The van der Waals surface area contributed by atoms with Crippen LogP contribution in [0.5, 0.6) is 17.2 Å². The Kier molecular flexibility index (Phi) is 8.15. The fourth-order valence-electron chi connectivity index (χ4n) is 4.48. The summed E-state index contributed by atoms with van der Waals surface area (Å²) in [6, 6.07) is 19.4. The van der Waals surface area contributed by atoms with Gasteiger partial charge in [-0.05, 0) is 93.0 Å². The largest absolute Gasteiger partial charge is 0.492 e. The standard InChI is InChI=1S/C30H28FN5O3/c31-22-4-6-23(7-5-22)34-30(37)35-24-8-10-25(11-9-24)39-28-12-13-33-27-19-29(21(20-32)18-26(27)28)38-17-3-16-36-14-1-2-15-36/h4-13,18-19H,1-3,14-17H2,(H2,34,35,37). The first-order valence-electron chi connectivity index (χ1n) is 12.9. The van der Waals surface area contributed by atoms with E-state index < -0.39 is 6.03 Å². The highest BCUT2D eigenvalue weighted by Crippen LogP contribution is 2.33. The minimum absolute atomic E-state index is 0.376. The summed E-state index contributed by atoms with van der Waals surface area (Å²) in [4.78, 5) is 19.1. The number of anilines is 2. The number of urea groups is 1. The molecule has 198 valence electrons. The molecule has 1 aliphatic rings. The summed E-state index contributed by atoms with van der Waals surface area (Å²) in [5.41, 5.74) is 2.12. The van der Waals surface area contributed by atoms with Gasteiger partial charge < -0.3 is 25.0 Å². The number of nitrogens with zero attached hydrogens (tertiary/aromatic N) is 3. The van der Waals surface area contributed by atoms with Crippen molar-refractivity contribution >= 4 is 28.3 Å². The van der Waals surface area contributed by atoms with Crippen LogP contribution in [0.4, 0.5) is 20.6 Å². The minimum atomic E-state index is -0.450. The number of hydrogen-bond acceptors (Lipinski definition) is 6. The molecule has 5 rings (SSSR count). The molecule has 8 nitrogen and oxygen atoms in total. The van der Waals surface area contributed by atoms with E-state index in [0.717, 1.165) is 26.1 Å². The van der Waals surface area contributed by atoms with Crippen molar-refractivity contribution in [2.75, 3.05) is 36.9 Å². The van der Waals surface area contributed by atoms with E-state index in [1.54, 1.807) is 48.7 Å². The maximum Gasteiger partial charge on any atom is 0.323 e. The second-order valence-electron chi connectivity index (χ2n) is 9.25. The molecule has 0 radical (unpaired) electrons. The quantitative estimate of drug-likeness (QED) is 0.241. The number of amides is 2. The number of carbonyl (C=O) groups is 1. The van der Waals surface area contributed by atoms with E-state index in [1.807, 2.05) is 0 Å². The van der Waals surface area contributed by atoms with Gasteiger partial charge in [0.25, 0.3) is 0 Å². The Balaban J connectivity index is 1.22. The van der Waals surface area contributed by atoms with Gasteiger partial charge in [-0.1, -0.05) is 0 Å². The maximum absolute atomic E-state index is 13.0. The van der Waals surface area contributed by atoms with Crippen molar-refractivity contribution in [3.05, 3.63) is 84.3 Å². The molecule has 0 bridgehead atoms. The molecule has 1 saturated heterocycles. The molecular formula is C30H28FN5O3. The third-order valence-corrected chi connectivity index (χ3v) is 6.44. The van der Waals surface area contributed by atoms with E-state index in [9.17, 15) is 14.4 Å². The number of carbonyl (C=O) groups excluding carboxylic acids is 1. The summed E-state index contributed by atoms with van der Waals surface area (Å²) < 4.78 is 25.1. The highest BCUT2D eigenvalue weighted by atomic mass is 19.1. The summed E-state index contributed by atoms with van der Waals surface area (Å²) in [7, 11) is 0. The van der Waals surface area contributed by atoms with Gasteiger partial charge in [0.2, 0.25) is 0 Å². The maximum atomic E-state index is 13.0. The van der Waals surface area contributed by atoms with Crippen LogP contribution >= 0.6 is 0 Å². The fourth-order valence-corrected chi connectivity index (χ4v) is 4.48. The van der Waals surface area contributed by atoms with Crippen LogP contribution in [-0.2, 0) is 0 Å². The minimum Gasteiger partial charge on any atom is -0.492 e. The summed E-state index contributed by atoms with van der Waals surface area (Å²) in [6.45, 7) is 3.84. The van der Waals surface area contributed by atoms with Gasteiger partial charge in [-0.2, -0.15) is 5.26 Å². The number of hydrogen-bond donors (Lipinski definition) is 2. The zero-order chi connectivity index (χ0) is 27.0. The molecule has 0 unspecified atom stereocenters. The Hall–Kier alpha value is -4.68. The van der Waals surface area contributed by atoms with Gasteiger partial charge in [0.05, 0.1) is 17.7 Å². The molecule has 1 fully saturated rings. The Bertz CT molecular complexity index is 1480. The van der Waals surface area contributed by atoms with E-state index in [0.29, 0.717) is 51.7 Å². The van der Waals surface area contributed by atoms with Gasteiger partial charge >= 0.3 is 6.03 Å². The first-order valence-corrected chi connectivity index (χ1v) is 12.9. The molecule has 1 aromatic heterocycles. The molecule has 1 aliphatic heterocycles. The number of likely N-dealkylation sites (tertiary alicyclic amines) is 1. The molecule has 0 aliphatic carbocycles. The smallest absolute Gasteiger partial charge is 0.323 e. The third kappa shape index (κ3) is 6.80. The summed E-state index contributed by atoms with van der Waals surface area (Å²) in [5, 5.41) is 15.8. The Labute approximate surface area is 226 Å². The van der Waals surface area contributed by atoms with E-state index in [-0.39, 0.29) is 5.82 Å². The number of rotatable bonds is 9. The van der Waals surface area contributed by atoms with Crippen LogP contribution in [0.1, 0.15) is 24.8 Å². The van der Waals surface area contributed by atoms with Crippen molar-refractivity contribution in [1.29, 1.82) is 5.26 Å². The summed E-state index contributed by atoms with van der Waals surface area (Å²) >= 11 is 0. The molecule has 2 amide bonds. The van der Waals surface area contributed by atoms with Crippen LogP contribution in [0.15, 0.2) is 72.9 Å². The van der Waals surface area contributed by atoms with Gasteiger partial charge in [0.15, 0.2) is 0 Å². The number of halogens is 1. The SMILES string of the molecule is N#Cc1cc2c(Oc3ccc(NC(=O)Nc4ccc(F)cc4)cc3)ccnc2cc1OCCCN1CCCC1. The van der Waals surface area contributed by atoms with Crippen molar-refractivity contribution < 1.29 is 18.7 Å². The van der Waals surface area contributed by atoms with Crippen LogP contribution in [0.3, 0.4) is 0 Å². The van der Waals surface area contributed by atoms with Crippen LogP contribution in [0.25, 0.3) is 10.9 Å². The van der Waals surface area contributed by atoms with Gasteiger partial charge in [-0.3, -0.25) is 4.98 Å². The van der Waals surface area contributed by atoms with Crippen molar-refractivity contribution in [2.45, 2.75) is 19.3 Å². The number of pyridine rings is 1. The number of aromatic nitrogens is 1. The zero-order valence-corrected chi connectivity index (χ0v) is 21.3. The topological polar surface area (TPSA) is 99.5 Å². The average Bonchev–Trinajstić information content (AvgIpc) is 3.47. The summed E-state index contributed by atoms with van der Waals surface area (Å²) in [5.74, 6) is 1.24. The molecule has 4 aromatic rings. The van der Waals surface area contributed by atoms with Gasteiger partial charge in [0, 0.05) is 35.6 Å². The molecular weight excluding hydrogens is 497 g/mol. The van der Waals surface area contributed by atoms with Gasteiger partial charge in [-0.25, -0.2) is 9.18 Å². The number of nitrogens with one attached hydrogen (secondary N) is 2. The zero-order valence-electron chi connectivity index (χ0n) is 21.3. The predicted molar refractivity (Wildman–Crippen MR) is 148 cm³/mol. The third-order valence-electron chi connectivity index (χ3n) is 6.44. The first-order chi connectivity index (χ1) is 19.1. The fraction of sp³-hybridized carbons (Fsp3) is 0.233. The molecule has 2 heterocycles. The lowest BCUT2D eigenvalue weighted by Crippen LogP contribution is -2.22. The highest BCUT2D eigenvalue weighted by molar-refractivity contribution is 5.99. The Morgan fingerprint density at radius 3 is 2.36 bits per heavy atom. The molecule has 0 atom stereocenters. The van der Waals surface area contributed by atoms with E-state index in [2.05, 4.69) is 26.6 Å². The molecule has 9 heteroatoms. The molecule has 0 saturated carbocycles. The van der Waals surface area contributed by atoms with E-state index in [1.165, 1.54) is 37.1 Å². The molecule has 3 aromatic carbocycles. The van der Waals surface area contributed by atoms with Crippen LogP contribution < -0.4 is 20.1 Å². The van der Waals surface area contributed by atoms with Gasteiger partial charge in [-0.15, -0.1) is 0 Å². The van der Waals surface area contributed by atoms with Crippen LogP contribution in [0.2, 0.25) is 0 Å². The average molecular weight is 526 g/mol. The van der Waals surface area contributed by atoms with Crippen molar-refractivity contribution in [3.8, 4) is 23.3 Å². The van der Waals surface area contributed by atoms with Crippen LogP contribution in [0, 0.1) is 17.1 Å². The molecule has 0 spiro atoms. The Morgan fingerprint density at radius 1 is 0.974 bits per heavy atom. The first kappa shape index (κ1) is 25.9. The lowest BCUT2D eigenvalue weighted by molar-refractivity contribution is 0.262. The second kappa shape index (κ2) is 12.2. The molecule has 39 heavy (non-hydrogen) atoms. The Morgan fingerprint density at radius 2 is 1.67 bits per heavy atom. The van der Waals surface area contributed by atoms with Crippen molar-refractivity contribution in [1.82, 2.24) is 9.88 Å². The van der Waals surface area contributed by atoms with E-state index in [4.69, 9.17) is 9.47 Å². The van der Waals surface area contributed by atoms with Crippen molar-refractivity contribution in [3.63, 3.8) is 0 Å². The molecule has 2 N–H and O–H groups in total. The number of ether oxygens (including phenoxy) is 2. The monoisotopic (exact) mass is 525 g/mol. The lowest BCUT2D eigenvalue weighted by Gasteiger charge is -2.15. The number of fused-ring (bicyclic) bond motifs is 1. The van der Waals surface area contributed by atoms with E-state index >= 15 is 0 Å². The van der Waals surface area contributed by atoms with Crippen LogP contribution in [-0.4, -0.2) is 42.2 Å².